The molecule has 0 spiro atoms. The average Bonchev–Trinajstić information content (AvgIpc) is 2.77. The van der Waals surface area contributed by atoms with Gasteiger partial charge in [-0.25, -0.2) is 9.59 Å². The number of aliphatic hydroxyl groups is 1. The predicted molar refractivity (Wildman–Crippen MR) is 118 cm³/mol. The van der Waals surface area contributed by atoms with Crippen LogP contribution in [0.1, 0.15) is 65.5 Å². The molecule has 0 fully saturated rings. The van der Waals surface area contributed by atoms with Crippen LogP contribution in [0.3, 0.4) is 0 Å². The van der Waals surface area contributed by atoms with Crippen LogP contribution in [0.2, 0.25) is 0 Å². The Balaban J connectivity index is 2.56. The quantitative estimate of drug-likeness (QED) is 0.536. The summed E-state index contributed by atoms with van der Waals surface area (Å²) in [6.07, 6.45) is 2.55. The third-order valence-electron chi connectivity index (χ3n) is 5.07. The Hall–Kier alpha value is -3.56. The van der Waals surface area contributed by atoms with Crippen LogP contribution in [-0.4, -0.2) is 32.9 Å². The summed E-state index contributed by atoms with van der Waals surface area (Å²) < 4.78 is 5.74. The Kier molecular flexibility index (Phi) is 8.00. The standard InChI is InChI=1S/C25H26O6/c1-4-25(30,5-2)15-9-10-17(3)19-13-14-20(23(26)27)22(24(28)29)21(19)16-31-18-11-7-6-8-12-18/h6-8,10-14,30H,4-5,16H2,1-3H3,(H,26,27)(H,28,29). The van der Waals surface area contributed by atoms with E-state index in [0.717, 1.165) is 0 Å². The summed E-state index contributed by atoms with van der Waals surface area (Å²) >= 11 is 0. The monoisotopic (exact) mass is 422 g/mol. The number of allylic oxidation sites excluding steroid dienone is 2. The van der Waals surface area contributed by atoms with Crippen molar-refractivity contribution in [3.05, 3.63) is 70.8 Å². The summed E-state index contributed by atoms with van der Waals surface area (Å²) in [5.41, 5.74) is -0.325. The number of carboxylic acids is 2. The molecule has 0 heterocycles. The first-order chi connectivity index (χ1) is 14.7. The van der Waals surface area contributed by atoms with Gasteiger partial charge >= 0.3 is 11.9 Å². The van der Waals surface area contributed by atoms with E-state index in [1.54, 1.807) is 43.3 Å². The molecule has 2 aromatic carbocycles. The summed E-state index contributed by atoms with van der Waals surface area (Å²) in [5.74, 6) is 3.52. The van der Waals surface area contributed by atoms with Crippen LogP contribution in [0.25, 0.3) is 5.57 Å². The fraction of sp³-hybridized carbons (Fsp3) is 0.280. The highest BCUT2D eigenvalue weighted by molar-refractivity contribution is 6.03. The molecule has 3 N–H and O–H groups in total. The highest BCUT2D eigenvalue weighted by Crippen LogP contribution is 2.27. The van der Waals surface area contributed by atoms with E-state index in [-0.39, 0.29) is 23.3 Å². The van der Waals surface area contributed by atoms with Crippen LogP contribution in [-0.2, 0) is 6.61 Å². The average molecular weight is 422 g/mol. The summed E-state index contributed by atoms with van der Waals surface area (Å²) in [6, 6.07) is 11.7. The second kappa shape index (κ2) is 10.5. The number of hydrogen-bond acceptors (Lipinski definition) is 4. The lowest BCUT2D eigenvalue weighted by Gasteiger charge is -2.17. The first-order valence-corrected chi connectivity index (χ1v) is 9.95. The van der Waals surface area contributed by atoms with Gasteiger partial charge in [0.15, 0.2) is 0 Å². The topological polar surface area (TPSA) is 104 Å². The lowest BCUT2D eigenvalue weighted by atomic mass is 9.92. The largest absolute Gasteiger partial charge is 0.489 e. The third-order valence-corrected chi connectivity index (χ3v) is 5.07. The first-order valence-electron chi connectivity index (χ1n) is 9.95. The zero-order chi connectivity index (χ0) is 23.0. The van der Waals surface area contributed by atoms with Gasteiger partial charge in [0.2, 0.25) is 0 Å². The Morgan fingerprint density at radius 3 is 2.16 bits per heavy atom. The molecule has 0 bridgehead atoms. The van der Waals surface area contributed by atoms with Gasteiger partial charge in [0, 0.05) is 5.56 Å². The van der Waals surface area contributed by atoms with Crippen molar-refractivity contribution < 1.29 is 29.6 Å². The van der Waals surface area contributed by atoms with E-state index in [9.17, 15) is 24.9 Å². The van der Waals surface area contributed by atoms with Crippen LogP contribution in [0.5, 0.6) is 5.75 Å². The number of hydrogen-bond donors (Lipinski definition) is 3. The Bertz CT molecular complexity index is 1040. The fourth-order valence-corrected chi connectivity index (χ4v) is 3.05. The molecule has 0 radical (unpaired) electrons. The van der Waals surface area contributed by atoms with Gasteiger partial charge in [-0.15, -0.1) is 0 Å². The zero-order valence-corrected chi connectivity index (χ0v) is 17.8. The molecule has 2 rings (SSSR count). The van der Waals surface area contributed by atoms with E-state index in [2.05, 4.69) is 11.8 Å². The lowest BCUT2D eigenvalue weighted by molar-refractivity contribution is 0.0649. The van der Waals surface area contributed by atoms with Crippen molar-refractivity contribution >= 4 is 17.5 Å². The number of benzene rings is 2. The molecule has 6 nitrogen and oxygen atoms in total. The van der Waals surface area contributed by atoms with E-state index < -0.39 is 17.5 Å². The van der Waals surface area contributed by atoms with Crippen LogP contribution < -0.4 is 4.74 Å². The molecule has 0 aliphatic carbocycles. The molecule has 0 amide bonds. The number of rotatable bonds is 8. The van der Waals surface area contributed by atoms with Crippen molar-refractivity contribution in [3.8, 4) is 17.6 Å². The SMILES string of the molecule is CCC(O)(C#CC=C(C)c1ccc(C(=O)O)c(C(=O)O)c1COc1ccccc1)CC. The van der Waals surface area contributed by atoms with Crippen LogP contribution >= 0.6 is 0 Å². The van der Waals surface area contributed by atoms with Gasteiger partial charge < -0.3 is 20.1 Å². The number of carbonyl (C=O) groups is 2. The van der Waals surface area contributed by atoms with Gasteiger partial charge in [-0.2, -0.15) is 0 Å². The van der Waals surface area contributed by atoms with Crippen molar-refractivity contribution in [2.45, 2.75) is 45.8 Å². The van der Waals surface area contributed by atoms with Gasteiger partial charge in [0.1, 0.15) is 18.0 Å². The van der Waals surface area contributed by atoms with Crippen LogP contribution in [0, 0.1) is 11.8 Å². The van der Waals surface area contributed by atoms with Gasteiger partial charge in [-0.05, 0) is 55.2 Å². The van der Waals surface area contributed by atoms with Crippen molar-refractivity contribution in [1.82, 2.24) is 0 Å². The summed E-state index contributed by atoms with van der Waals surface area (Å²) in [7, 11) is 0. The molecule has 0 aliphatic rings. The van der Waals surface area contributed by atoms with E-state index in [1.807, 2.05) is 19.9 Å². The van der Waals surface area contributed by atoms with Crippen molar-refractivity contribution in [3.63, 3.8) is 0 Å². The number of aromatic carboxylic acids is 2. The van der Waals surface area contributed by atoms with E-state index >= 15 is 0 Å². The van der Waals surface area contributed by atoms with Crippen LogP contribution in [0.4, 0.5) is 0 Å². The minimum atomic E-state index is -1.35. The fourth-order valence-electron chi connectivity index (χ4n) is 3.05. The van der Waals surface area contributed by atoms with Crippen molar-refractivity contribution in [2.24, 2.45) is 0 Å². The number of para-hydroxylation sites is 1. The van der Waals surface area contributed by atoms with Crippen molar-refractivity contribution in [2.75, 3.05) is 0 Å². The highest BCUT2D eigenvalue weighted by Gasteiger charge is 2.24. The smallest absolute Gasteiger partial charge is 0.337 e. The molecule has 162 valence electrons. The molecule has 2 aromatic rings. The van der Waals surface area contributed by atoms with Crippen LogP contribution in [0.15, 0.2) is 48.5 Å². The molecule has 0 unspecified atom stereocenters. The van der Waals surface area contributed by atoms with Gasteiger partial charge in [0.05, 0.1) is 11.1 Å². The molecular formula is C25H26O6. The molecular weight excluding hydrogens is 396 g/mol. The molecule has 31 heavy (non-hydrogen) atoms. The molecule has 0 aromatic heterocycles. The second-order valence-corrected chi connectivity index (χ2v) is 7.06. The zero-order valence-electron chi connectivity index (χ0n) is 17.8. The number of carboxylic acid groups (broad SMARTS) is 2. The maximum absolute atomic E-state index is 12.0. The maximum atomic E-state index is 12.0. The van der Waals surface area contributed by atoms with Gasteiger partial charge in [-0.3, -0.25) is 0 Å². The highest BCUT2D eigenvalue weighted by atomic mass is 16.5. The molecule has 0 saturated heterocycles. The first kappa shape index (κ1) is 23.7. The molecule has 0 saturated carbocycles. The third kappa shape index (κ3) is 5.97. The summed E-state index contributed by atoms with van der Waals surface area (Å²) in [4.78, 5) is 23.6. The number of ether oxygens (including phenoxy) is 1. The van der Waals surface area contributed by atoms with E-state index in [4.69, 9.17) is 4.74 Å². The van der Waals surface area contributed by atoms with E-state index in [1.165, 1.54) is 6.07 Å². The molecule has 6 heteroatoms. The Labute approximate surface area is 181 Å². The minimum Gasteiger partial charge on any atom is -0.489 e. The second-order valence-electron chi connectivity index (χ2n) is 7.06. The predicted octanol–water partition coefficient (Wildman–Crippen LogP) is 4.62. The maximum Gasteiger partial charge on any atom is 0.337 e. The Morgan fingerprint density at radius 1 is 1.00 bits per heavy atom. The lowest BCUT2D eigenvalue weighted by Crippen LogP contribution is -2.23. The minimum absolute atomic E-state index is 0.130. The molecule has 0 atom stereocenters. The summed E-state index contributed by atoms with van der Waals surface area (Å²) in [6.45, 7) is 5.31. The normalized spacial score (nSPS) is 11.4. The molecule has 0 aliphatic heterocycles. The van der Waals surface area contributed by atoms with Gasteiger partial charge in [0.25, 0.3) is 0 Å². The van der Waals surface area contributed by atoms with Gasteiger partial charge in [-0.1, -0.05) is 50.0 Å². The van der Waals surface area contributed by atoms with E-state index in [0.29, 0.717) is 29.7 Å². The van der Waals surface area contributed by atoms with Crippen molar-refractivity contribution in [1.29, 1.82) is 0 Å². The summed E-state index contributed by atoms with van der Waals surface area (Å²) in [5, 5.41) is 29.5. The Morgan fingerprint density at radius 2 is 1.61 bits per heavy atom.